The highest BCUT2D eigenvalue weighted by Crippen LogP contribution is 2.30. The number of para-hydroxylation sites is 2. The Labute approximate surface area is 205 Å². The van der Waals surface area contributed by atoms with Crippen molar-refractivity contribution in [2.45, 2.75) is 12.6 Å². The summed E-state index contributed by atoms with van der Waals surface area (Å²) in [7, 11) is 0. The van der Waals surface area contributed by atoms with Crippen molar-refractivity contribution >= 4 is 11.4 Å². The van der Waals surface area contributed by atoms with E-state index in [1.165, 1.54) is 22.5 Å². The third-order valence-electron chi connectivity index (χ3n) is 6.60. The lowest BCUT2D eigenvalue weighted by Crippen LogP contribution is -2.41. The summed E-state index contributed by atoms with van der Waals surface area (Å²) >= 11 is 0. The molecule has 6 heteroatoms. The molecule has 1 aliphatic rings. The van der Waals surface area contributed by atoms with Crippen LogP contribution in [0.5, 0.6) is 0 Å². The molecule has 0 saturated carbocycles. The van der Waals surface area contributed by atoms with Gasteiger partial charge in [0.2, 0.25) is 0 Å². The fourth-order valence-electron chi connectivity index (χ4n) is 4.87. The molecule has 6 nitrogen and oxygen atoms in total. The molecule has 1 aromatic heterocycles. The lowest BCUT2D eigenvalue weighted by atomic mass is 10.1. The van der Waals surface area contributed by atoms with Crippen LogP contribution in [0, 0.1) is 0 Å². The molecule has 0 aliphatic carbocycles. The van der Waals surface area contributed by atoms with E-state index in [0.29, 0.717) is 6.42 Å². The lowest BCUT2D eigenvalue weighted by Gasteiger charge is -2.32. The first-order valence-electron chi connectivity index (χ1n) is 11.9. The SMILES string of the molecule is c1ccc(-c2ccc(-n3nnnc3CC3N(c4ccccc4)CCN3c3ccccc3)cc2)cc1. The van der Waals surface area contributed by atoms with Crippen molar-refractivity contribution in [1.29, 1.82) is 0 Å². The van der Waals surface area contributed by atoms with Gasteiger partial charge in [-0.05, 0) is 58.0 Å². The minimum Gasteiger partial charge on any atom is -0.349 e. The minimum atomic E-state index is 0.105. The number of anilines is 2. The first-order valence-corrected chi connectivity index (χ1v) is 11.9. The van der Waals surface area contributed by atoms with Crippen molar-refractivity contribution in [2.24, 2.45) is 0 Å². The van der Waals surface area contributed by atoms with E-state index >= 15 is 0 Å². The smallest absolute Gasteiger partial charge is 0.160 e. The molecular formula is C29H26N6. The second-order valence-electron chi connectivity index (χ2n) is 8.66. The van der Waals surface area contributed by atoms with Gasteiger partial charge in [0.05, 0.1) is 5.69 Å². The maximum Gasteiger partial charge on any atom is 0.160 e. The molecule has 35 heavy (non-hydrogen) atoms. The zero-order chi connectivity index (χ0) is 23.5. The fourth-order valence-corrected chi connectivity index (χ4v) is 4.87. The maximum absolute atomic E-state index is 4.44. The summed E-state index contributed by atoms with van der Waals surface area (Å²) in [6.07, 6.45) is 0.796. The highest BCUT2D eigenvalue weighted by atomic mass is 15.5. The number of nitrogens with zero attached hydrogens (tertiary/aromatic N) is 6. The summed E-state index contributed by atoms with van der Waals surface area (Å²) < 4.78 is 1.86. The van der Waals surface area contributed by atoms with E-state index in [0.717, 1.165) is 24.6 Å². The molecule has 4 aromatic carbocycles. The quantitative estimate of drug-likeness (QED) is 0.349. The third kappa shape index (κ3) is 4.26. The van der Waals surface area contributed by atoms with Crippen molar-refractivity contribution in [2.75, 3.05) is 22.9 Å². The number of aromatic nitrogens is 4. The average Bonchev–Trinajstić information content (AvgIpc) is 3.58. The molecular weight excluding hydrogens is 432 g/mol. The van der Waals surface area contributed by atoms with Crippen LogP contribution in [0.2, 0.25) is 0 Å². The number of rotatable bonds is 6. The predicted octanol–water partition coefficient (Wildman–Crippen LogP) is 5.22. The van der Waals surface area contributed by atoms with Gasteiger partial charge in [0, 0.05) is 30.9 Å². The van der Waals surface area contributed by atoms with E-state index < -0.39 is 0 Å². The van der Waals surface area contributed by atoms with Crippen molar-refractivity contribution < 1.29 is 0 Å². The third-order valence-corrected chi connectivity index (χ3v) is 6.60. The van der Waals surface area contributed by atoms with Gasteiger partial charge in [-0.3, -0.25) is 0 Å². The first kappa shape index (κ1) is 21.1. The maximum atomic E-state index is 4.44. The van der Waals surface area contributed by atoms with Gasteiger partial charge in [0.15, 0.2) is 5.82 Å². The van der Waals surface area contributed by atoms with Gasteiger partial charge in [-0.25, -0.2) is 0 Å². The van der Waals surface area contributed by atoms with Crippen molar-refractivity contribution in [1.82, 2.24) is 20.2 Å². The number of tetrazole rings is 1. The molecule has 1 aliphatic heterocycles. The Morgan fingerprint density at radius 3 is 1.66 bits per heavy atom. The molecule has 0 N–H and O–H groups in total. The van der Waals surface area contributed by atoms with E-state index in [2.05, 4.69) is 135 Å². The summed E-state index contributed by atoms with van der Waals surface area (Å²) in [6.45, 7) is 1.88. The van der Waals surface area contributed by atoms with Gasteiger partial charge >= 0.3 is 0 Å². The topological polar surface area (TPSA) is 50.1 Å². The monoisotopic (exact) mass is 458 g/mol. The number of hydrogen-bond donors (Lipinski definition) is 0. The normalized spacial score (nSPS) is 13.9. The summed E-state index contributed by atoms with van der Waals surface area (Å²) in [6, 6.07) is 40.0. The highest BCUT2D eigenvalue weighted by molar-refractivity contribution is 5.64. The Morgan fingerprint density at radius 2 is 1.09 bits per heavy atom. The molecule has 2 heterocycles. The van der Waals surface area contributed by atoms with Crippen LogP contribution in [0.15, 0.2) is 115 Å². The molecule has 0 radical (unpaired) electrons. The van der Waals surface area contributed by atoms with Crippen molar-refractivity contribution in [3.05, 3.63) is 121 Å². The first-order chi connectivity index (χ1) is 17.4. The molecule has 0 atom stereocenters. The van der Waals surface area contributed by atoms with Crippen LogP contribution in [0.4, 0.5) is 11.4 Å². The van der Waals surface area contributed by atoms with Crippen LogP contribution in [0.1, 0.15) is 5.82 Å². The average molecular weight is 459 g/mol. The Hall–Kier alpha value is -4.45. The van der Waals surface area contributed by atoms with Gasteiger partial charge in [-0.15, -0.1) is 5.10 Å². The number of benzene rings is 4. The van der Waals surface area contributed by atoms with Crippen LogP contribution < -0.4 is 9.80 Å². The molecule has 172 valence electrons. The van der Waals surface area contributed by atoms with E-state index in [-0.39, 0.29) is 6.17 Å². The van der Waals surface area contributed by atoms with Crippen LogP contribution >= 0.6 is 0 Å². The molecule has 0 unspecified atom stereocenters. The van der Waals surface area contributed by atoms with E-state index in [4.69, 9.17) is 0 Å². The van der Waals surface area contributed by atoms with Crippen molar-refractivity contribution in [3.8, 4) is 16.8 Å². The van der Waals surface area contributed by atoms with E-state index in [9.17, 15) is 0 Å². The van der Waals surface area contributed by atoms with Crippen LogP contribution in [-0.2, 0) is 6.42 Å². The second kappa shape index (κ2) is 9.43. The van der Waals surface area contributed by atoms with Gasteiger partial charge in [0.1, 0.15) is 6.17 Å². The Kier molecular flexibility index (Phi) is 5.68. The molecule has 0 spiro atoms. The van der Waals surface area contributed by atoms with Crippen LogP contribution in [-0.4, -0.2) is 39.5 Å². The minimum absolute atomic E-state index is 0.105. The van der Waals surface area contributed by atoms with Gasteiger partial charge < -0.3 is 9.80 Å². The zero-order valence-electron chi connectivity index (χ0n) is 19.4. The summed E-state index contributed by atoms with van der Waals surface area (Å²) in [5, 5.41) is 12.8. The molecule has 0 bridgehead atoms. The lowest BCUT2D eigenvalue weighted by molar-refractivity contribution is 0.624. The van der Waals surface area contributed by atoms with Crippen LogP contribution in [0.3, 0.4) is 0 Å². The molecule has 6 rings (SSSR count). The van der Waals surface area contributed by atoms with Crippen molar-refractivity contribution in [3.63, 3.8) is 0 Å². The second-order valence-corrected chi connectivity index (χ2v) is 8.66. The largest absolute Gasteiger partial charge is 0.349 e. The molecule has 0 amide bonds. The number of hydrogen-bond acceptors (Lipinski definition) is 5. The van der Waals surface area contributed by atoms with Gasteiger partial charge in [-0.1, -0.05) is 78.9 Å². The predicted molar refractivity (Wildman–Crippen MR) is 140 cm³/mol. The molecule has 1 saturated heterocycles. The van der Waals surface area contributed by atoms with E-state index in [1.807, 2.05) is 10.7 Å². The molecule has 1 fully saturated rings. The summed E-state index contributed by atoms with van der Waals surface area (Å²) in [4.78, 5) is 4.90. The zero-order valence-corrected chi connectivity index (χ0v) is 19.4. The Bertz CT molecular complexity index is 1320. The highest BCUT2D eigenvalue weighted by Gasteiger charge is 2.34. The van der Waals surface area contributed by atoms with E-state index in [1.54, 1.807) is 0 Å². The Balaban J connectivity index is 1.31. The molecule has 5 aromatic rings. The van der Waals surface area contributed by atoms with Crippen LogP contribution in [0.25, 0.3) is 16.8 Å². The fraction of sp³-hybridized carbons (Fsp3) is 0.138. The Morgan fingerprint density at radius 1 is 0.571 bits per heavy atom. The summed E-state index contributed by atoms with van der Waals surface area (Å²) in [5.41, 5.74) is 5.74. The van der Waals surface area contributed by atoms with Gasteiger partial charge in [0.25, 0.3) is 0 Å². The summed E-state index contributed by atoms with van der Waals surface area (Å²) in [5.74, 6) is 0.839. The standard InChI is InChI=1S/C29H26N6/c1-4-10-23(11-5-1)24-16-18-27(19-17-24)35-28(30-31-32-35)22-29-33(25-12-6-2-7-13-25)20-21-34(29)26-14-8-3-9-15-26/h1-19,29H,20-22H2. The van der Waals surface area contributed by atoms with Gasteiger partial charge in [-0.2, -0.15) is 4.68 Å².